The lowest BCUT2D eigenvalue weighted by atomic mass is 9.92. The molecule has 1 aliphatic heterocycles. The number of hydrogen-bond donors (Lipinski definition) is 1. The van der Waals surface area contributed by atoms with E-state index in [0.29, 0.717) is 12.5 Å². The number of urea groups is 1. The molecule has 0 saturated carbocycles. The molecule has 0 aromatic rings. The number of carboxylic acids is 1. The Bertz CT molecular complexity index is 347. The molecule has 0 aliphatic carbocycles. The van der Waals surface area contributed by atoms with Crippen LogP contribution in [0.25, 0.3) is 0 Å². The molecule has 0 aromatic carbocycles. The first-order valence-corrected chi connectivity index (χ1v) is 7.64. The second-order valence-corrected chi connectivity index (χ2v) is 6.11. The van der Waals surface area contributed by atoms with Crippen LogP contribution in [-0.4, -0.2) is 52.1 Å². The molecule has 0 aromatic heterocycles. The van der Waals surface area contributed by atoms with E-state index < -0.39 is 11.5 Å². The number of piperidine rings is 1. The molecule has 5 heteroatoms. The van der Waals surface area contributed by atoms with E-state index in [-0.39, 0.29) is 6.03 Å². The number of likely N-dealkylation sites (N-methyl/N-ethyl adjacent to an activating group) is 1. The lowest BCUT2D eigenvalue weighted by molar-refractivity contribution is -0.147. The molecule has 0 bridgehead atoms. The predicted molar refractivity (Wildman–Crippen MR) is 78.7 cm³/mol. The highest BCUT2D eigenvalue weighted by atomic mass is 16.4. The highest BCUT2D eigenvalue weighted by Gasteiger charge is 2.39. The number of aliphatic carboxylic acids is 1. The summed E-state index contributed by atoms with van der Waals surface area (Å²) in [6.07, 6.45) is 4.47. The summed E-state index contributed by atoms with van der Waals surface area (Å²) in [6.45, 7) is 9.08. The van der Waals surface area contributed by atoms with Crippen molar-refractivity contribution < 1.29 is 14.7 Å². The smallest absolute Gasteiger partial charge is 0.329 e. The van der Waals surface area contributed by atoms with Gasteiger partial charge in [0.1, 0.15) is 5.54 Å². The van der Waals surface area contributed by atoms with Crippen LogP contribution in [0.3, 0.4) is 0 Å². The zero-order valence-corrected chi connectivity index (χ0v) is 13.2. The number of carbonyl (C=O) groups is 2. The van der Waals surface area contributed by atoms with Crippen LogP contribution in [0.5, 0.6) is 0 Å². The summed E-state index contributed by atoms with van der Waals surface area (Å²) < 4.78 is 0. The maximum atomic E-state index is 12.5. The maximum absolute atomic E-state index is 12.5. The Labute approximate surface area is 121 Å². The first-order chi connectivity index (χ1) is 9.34. The molecule has 1 rings (SSSR count). The monoisotopic (exact) mass is 284 g/mol. The highest BCUT2D eigenvalue weighted by molar-refractivity contribution is 5.85. The van der Waals surface area contributed by atoms with Gasteiger partial charge in [-0.05, 0) is 39.5 Å². The van der Waals surface area contributed by atoms with Gasteiger partial charge in [0.25, 0.3) is 0 Å². The molecule has 0 unspecified atom stereocenters. The molecule has 1 N–H and O–H groups in total. The van der Waals surface area contributed by atoms with Crippen LogP contribution in [-0.2, 0) is 4.79 Å². The largest absolute Gasteiger partial charge is 0.480 e. The first-order valence-electron chi connectivity index (χ1n) is 7.64. The van der Waals surface area contributed by atoms with Crippen molar-refractivity contribution in [2.24, 2.45) is 5.92 Å². The fourth-order valence-corrected chi connectivity index (χ4v) is 2.88. The molecule has 2 amide bonds. The third kappa shape index (κ3) is 3.64. The van der Waals surface area contributed by atoms with Crippen LogP contribution in [0.1, 0.15) is 53.4 Å². The SMILES string of the molecule is CCCC1CCN(C(=O)N(CC)C(C)(C)C(=O)O)CC1. The van der Waals surface area contributed by atoms with Crippen LogP contribution in [0.15, 0.2) is 0 Å². The number of amides is 2. The van der Waals surface area contributed by atoms with E-state index in [4.69, 9.17) is 0 Å². The summed E-state index contributed by atoms with van der Waals surface area (Å²) in [4.78, 5) is 27.1. The lowest BCUT2D eigenvalue weighted by Crippen LogP contribution is -2.57. The Hall–Kier alpha value is -1.26. The zero-order valence-electron chi connectivity index (χ0n) is 13.2. The average molecular weight is 284 g/mol. The summed E-state index contributed by atoms with van der Waals surface area (Å²) in [5, 5.41) is 9.29. The van der Waals surface area contributed by atoms with Gasteiger partial charge in [0, 0.05) is 19.6 Å². The van der Waals surface area contributed by atoms with Crippen molar-refractivity contribution in [3.63, 3.8) is 0 Å². The number of likely N-dealkylation sites (tertiary alicyclic amines) is 1. The van der Waals surface area contributed by atoms with Crippen molar-refractivity contribution in [1.82, 2.24) is 9.80 Å². The maximum Gasteiger partial charge on any atom is 0.329 e. The minimum Gasteiger partial charge on any atom is -0.480 e. The molecule has 0 spiro atoms. The van der Waals surface area contributed by atoms with E-state index >= 15 is 0 Å². The van der Waals surface area contributed by atoms with E-state index in [1.54, 1.807) is 18.7 Å². The minimum atomic E-state index is -1.16. The molecule has 1 heterocycles. The van der Waals surface area contributed by atoms with Crippen LogP contribution in [0.2, 0.25) is 0 Å². The van der Waals surface area contributed by atoms with Gasteiger partial charge < -0.3 is 14.9 Å². The first kappa shape index (κ1) is 16.8. The summed E-state index contributed by atoms with van der Waals surface area (Å²) in [5.41, 5.74) is -1.16. The summed E-state index contributed by atoms with van der Waals surface area (Å²) in [6, 6.07) is -0.144. The average Bonchev–Trinajstić information content (AvgIpc) is 2.40. The third-order valence-corrected chi connectivity index (χ3v) is 4.33. The van der Waals surface area contributed by atoms with Crippen molar-refractivity contribution in [2.75, 3.05) is 19.6 Å². The Kier molecular flexibility index (Phi) is 5.84. The zero-order chi connectivity index (χ0) is 15.3. The fourth-order valence-electron chi connectivity index (χ4n) is 2.88. The van der Waals surface area contributed by atoms with Crippen molar-refractivity contribution >= 4 is 12.0 Å². The Morgan fingerprint density at radius 1 is 1.25 bits per heavy atom. The van der Waals surface area contributed by atoms with Crippen LogP contribution in [0, 0.1) is 5.92 Å². The Morgan fingerprint density at radius 2 is 1.80 bits per heavy atom. The van der Waals surface area contributed by atoms with Crippen molar-refractivity contribution in [2.45, 2.75) is 58.9 Å². The topological polar surface area (TPSA) is 60.9 Å². The standard InChI is InChI=1S/C15H28N2O3/c1-5-7-12-8-10-16(11-9-12)14(20)17(6-2)15(3,4)13(18)19/h12H,5-11H2,1-4H3,(H,18,19). The molecule has 1 fully saturated rings. The number of carbonyl (C=O) groups excluding carboxylic acids is 1. The molecular weight excluding hydrogens is 256 g/mol. The normalized spacial score (nSPS) is 17.1. The van der Waals surface area contributed by atoms with Crippen molar-refractivity contribution in [3.05, 3.63) is 0 Å². The van der Waals surface area contributed by atoms with Crippen LogP contribution < -0.4 is 0 Å². The van der Waals surface area contributed by atoms with Gasteiger partial charge in [0.05, 0.1) is 0 Å². The molecular formula is C15H28N2O3. The number of nitrogens with zero attached hydrogens (tertiary/aromatic N) is 2. The molecule has 5 nitrogen and oxygen atoms in total. The molecule has 1 aliphatic rings. The minimum absolute atomic E-state index is 0.144. The lowest BCUT2D eigenvalue weighted by Gasteiger charge is -2.40. The van der Waals surface area contributed by atoms with Crippen molar-refractivity contribution in [1.29, 1.82) is 0 Å². The van der Waals surface area contributed by atoms with E-state index in [0.717, 1.165) is 25.9 Å². The van der Waals surface area contributed by atoms with E-state index in [1.165, 1.54) is 17.7 Å². The molecule has 116 valence electrons. The molecule has 20 heavy (non-hydrogen) atoms. The van der Waals surface area contributed by atoms with Gasteiger partial charge >= 0.3 is 12.0 Å². The van der Waals surface area contributed by atoms with Gasteiger partial charge in [0.15, 0.2) is 0 Å². The third-order valence-electron chi connectivity index (χ3n) is 4.33. The van der Waals surface area contributed by atoms with Gasteiger partial charge in [-0.1, -0.05) is 19.8 Å². The fraction of sp³-hybridized carbons (Fsp3) is 0.867. The van der Waals surface area contributed by atoms with E-state index in [2.05, 4.69) is 6.92 Å². The van der Waals surface area contributed by atoms with E-state index in [1.807, 2.05) is 6.92 Å². The summed E-state index contributed by atoms with van der Waals surface area (Å²) >= 11 is 0. The van der Waals surface area contributed by atoms with Gasteiger partial charge in [-0.25, -0.2) is 9.59 Å². The Balaban J connectivity index is 2.67. The number of rotatable bonds is 5. The molecule has 1 saturated heterocycles. The predicted octanol–water partition coefficient (Wildman–Crippen LogP) is 2.80. The van der Waals surface area contributed by atoms with Crippen LogP contribution in [0.4, 0.5) is 4.79 Å². The number of carboxylic acid groups (broad SMARTS) is 1. The highest BCUT2D eigenvalue weighted by Crippen LogP contribution is 2.24. The Morgan fingerprint density at radius 3 is 2.20 bits per heavy atom. The second-order valence-electron chi connectivity index (χ2n) is 6.11. The van der Waals surface area contributed by atoms with Gasteiger partial charge in [-0.2, -0.15) is 0 Å². The van der Waals surface area contributed by atoms with E-state index in [9.17, 15) is 14.7 Å². The molecule has 0 radical (unpaired) electrons. The summed E-state index contributed by atoms with van der Waals surface area (Å²) in [5.74, 6) is -0.250. The number of hydrogen-bond acceptors (Lipinski definition) is 2. The van der Waals surface area contributed by atoms with Gasteiger partial charge in [0.2, 0.25) is 0 Å². The summed E-state index contributed by atoms with van der Waals surface area (Å²) in [7, 11) is 0. The van der Waals surface area contributed by atoms with Crippen LogP contribution >= 0.6 is 0 Å². The quantitative estimate of drug-likeness (QED) is 0.844. The van der Waals surface area contributed by atoms with Crippen molar-refractivity contribution in [3.8, 4) is 0 Å². The molecule has 0 atom stereocenters. The second kappa shape index (κ2) is 6.95. The van der Waals surface area contributed by atoms with Gasteiger partial charge in [-0.15, -0.1) is 0 Å². The van der Waals surface area contributed by atoms with Gasteiger partial charge in [-0.3, -0.25) is 0 Å².